The quantitative estimate of drug-likeness (QED) is 0.739. The molecule has 9 heteroatoms. The van der Waals surface area contributed by atoms with Crippen LogP contribution in [0.3, 0.4) is 0 Å². The third-order valence-electron chi connectivity index (χ3n) is 3.99. The fourth-order valence-electron chi connectivity index (χ4n) is 2.65. The first-order valence-corrected chi connectivity index (χ1v) is 8.01. The van der Waals surface area contributed by atoms with Crippen LogP contribution < -0.4 is 15.2 Å². The van der Waals surface area contributed by atoms with Gasteiger partial charge < -0.3 is 19.9 Å². The van der Waals surface area contributed by atoms with Gasteiger partial charge in [-0.3, -0.25) is 9.69 Å². The molecule has 9 nitrogen and oxygen atoms in total. The van der Waals surface area contributed by atoms with Crippen LogP contribution in [0.15, 0.2) is 18.2 Å². The lowest BCUT2D eigenvalue weighted by molar-refractivity contribution is 0.0321. The number of aromatic amines is 1. The predicted molar refractivity (Wildman–Crippen MR) is 89.6 cm³/mol. The molecular weight excluding hydrogens is 326 g/mol. The molecule has 1 aliphatic heterocycles. The van der Waals surface area contributed by atoms with Crippen molar-refractivity contribution < 1.29 is 19.0 Å². The summed E-state index contributed by atoms with van der Waals surface area (Å²) in [5, 5.41) is 10.2. The molecule has 3 N–H and O–H groups in total. The highest BCUT2D eigenvalue weighted by Gasteiger charge is 2.17. The highest BCUT2D eigenvalue weighted by atomic mass is 16.5. The Bertz CT molecular complexity index is 727. The molecule has 2 aromatic rings. The minimum Gasteiger partial charge on any atom is -0.493 e. The highest BCUT2D eigenvalue weighted by molar-refractivity contribution is 5.96. The number of hydrogen-bond donors (Lipinski definition) is 2. The molecule has 2 heterocycles. The molecule has 1 saturated heterocycles. The molecule has 0 spiro atoms. The zero-order valence-corrected chi connectivity index (χ0v) is 14.0. The second kappa shape index (κ2) is 7.95. The molecule has 1 amide bonds. The van der Waals surface area contributed by atoms with Crippen LogP contribution in [0, 0.1) is 0 Å². The Morgan fingerprint density at radius 2 is 2.12 bits per heavy atom. The molecule has 3 rings (SSSR count). The van der Waals surface area contributed by atoms with E-state index < -0.39 is 5.91 Å². The Kier molecular flexibility index (Phi) is 5.46. The molecule has 1 aliphatic rings. The van der Waals surface area contributed by atoms with Crippen LogP contribution in [0.4, 0.5) is 0 Å². The fourth-order valence-corrected chi connectivity index (χ4v) is 2.65. The Morgan fingerprint density at radius 1 is 1.32 bits per heavy atom. The maximum atomic E-state index is 11.4. The van der Waals surface area contributed by atoms with Gasteiger partial charge in [-0.1, -0.05) is 0 Å². The van der Waals surface area contributed by atoms with E-state index >= 15 is 0 Å². The van der Waals surface area contributed by atoms with Gasteiger partial charge in [0.25, 0.3) is 5.91 Å². The third kappa shape index (κ3) is 4.06. The largest absolute Gasteiger partial charge is 0.493 e. The number of nitrogens with two attached hydrogens (primary N) is 1. The first-order chi connectivity index (χ1) is 12.2. The summed E-state index contributed by atoms with van der Waals surface area (Å²) < 4.78 is 16.6. The van der Waals surface area contributed by atoms with Gasteiger partial charge in [0.15, 0.2) is 17.2 Å². The van der Waals surface area contributed by atoms with E-state index in [2.05, 4.69) is 20.3 Å². The van der Waals surface area contributed by atoms with Gasteiger partial charge >= 0.3 is 0 Å². The molecule has 0 radical (unpaired) electrons. The lowest BCUT2D eigenvalue weighted by Gasteiger charge is -2.26. The summed E-state index contributed by atoms with van der Waals surface area (Å²) in [7, 11) is 1.56. The molecule has 0 atom stereocenters. The average Bonchev–Trinajstić information content (AvgIpc) is 3.13. The molecular formula is C16H21N5O4. The Balaban J connectivity index is 1.69. The van der Waals surface area contributed by atoms with Crippen LogP contribution in [0.2, 0.25) is 0 Å². The van der Waals surface area contributed by atoms with Crippen molar-refractivity contribution >= 4 is 5.91 Å². The number of nitrogens with one attached hydrogen (secondary N) is 1. The Hall–Kier alpha value is -2.65. The molecule has 0 aliphatic carbocycles. The van der Waals surface area contributed by atoms with Gasteiger partial charge in [0.2, 0.25) is 0 Å². The Labute approximate surface area is 145 Å². The molecule has 134 valence electrons. The number of carbonyl (C=O) groups excluding carboxylic acids is 1. The number of ether oxygens (including phenoxy) is 3. The van der Waals surface area contributed by atoms with Crippen LogP contribution in [0.5, 0.6) is 11.5 Å². The number of aromatic nitrogens is 3. The number of morpholine rings is 1. The van der Waals surface area contributed by atoms with Crippen molar-refractivity contribution in [1.82, 2.24) is 20.3 Å². The summed E-state index contributed by atoms with van der Waals surface area (Å²) in [5.74, 6) is 0.537. The minimum atomic E-state index is -0.645. The van der Waals surface area contributed by atoms with Crippen molar-refractivity contribution in [3.05, 3.63) is 23.9 Å². The molecule has 0 bridgehead atoms. The Morgan fingerprint density at radius 3 is 2.84 bits per heavy atom. The van der Waals surface area contributed by atoms with Crippen molar-refractivity contribution in [3.8, 4) is 22.8 Å². The number of primary amides is 1. The van der Waals surface area contributed by atoms with Crippen molar-refractivity contribution in [2.45, 2.75) is 0 Å². The van der Waals surface area contributed by atoms with Crippen molar-refractivity contribution in [2.24, 2.45) is 5.73 Å². The molecule has 1 aromatic carbocycles. The summed E-state index contributed by atoms with van der Waals surface area (Å²) >= 11 is 0. The number of methoxy groups -OCH3 is 1. The monoisotopic (exact) mass is 347 g/mol. The van der Waals surface area contributed by atoms with E-state index in [0.717, 1.165) is 32.8 Å². The maximum absolute atomic E-state index is 11.4. The second-order valence-electron chi connectivity index (χ2n) is 5.55. The zero-order chi connectivity index (χ0) is 17.6. The zero-order valence-electron chi connectivity index (χ0n) is 14.0. The summed E-state index contributed by atoms with van der Waals surface area (Å²) in [6, 6.07) is 5.32. The fraction of sp³-hybridized carbons (Fsp3) is 0.438. The SMILES string of the molecule is COc1cc(-c2n[nH]nc2C(N)=O)ccc1OCCN1CCOCC1. The number of H-pyrrole nitrogens is 1. The van der Waals surface area contributed by atoms with E-state index in [1.54, 1.807) is 25.3 Å². The van der Waals surface area contributed by atoms with Crippen LogP contribution in [0.25, 0.3) is 11.3 Å². The van der Waals surface area contributed by atoms with Gasteiger partial charge in [0.05, 0.1) is 20.3 Å². The van der Waals surface area contributed by atoms with Crippen molar-refractivity contribution in [3.63, 3.8) is 0 Å². The van der Waals surface area contributed by atoms with Gasteiger partial charge in [-0.25, -0.2) is 0 Å². The lowest BCUT2D eigenvalue weighted by Crippen LogP contribution is -2.38. The van der Waals surface area contributed by atoms with E-state index in [0.29, 0.717) is 29.4 Å². The van der Waals surface area contributed by atoms with E-state index in [1.165, 1.54) is 0 Å². The topological polar surface area (TPSA) is 116 Å². The first-order valence-electron chi connectivity index (χ1n) is 8.01. The van der Waals surface area contributed by atoms with Crippen molar-refractivity contribution in [1.29, 1.82) is 0 Å². The summed E-state index contributed by atoms with van der Waals surface area (Å²) in [6.45, 7) is 4.73. The second-order valence-corrected chi connectivity index (χ2v) is 5.55. The van der Waals surface area contributed by atoms with Gasteiger partial charge in [-0.05, 0) is 18.2 Å². The number of nitrogens with zero attached hydrogens (tertiary/aromatic N) is 3. The summed E-state index contributed by atoms with van der Waals surface area (Å²) in [4.78, 5) is 13.7. The third-order valence-corrected chi connectivity index (χ3v) is 3.99. The van der Waals surface area contributed by atoms with E-state index in [4.69, 9.17) is 19.9 Å². The van der Waals surface area contributed by atoms with Crippen LogP contribution in [-0.2, 0) is 4.74 Å². The van der Waals surface area contributed by atoms with Crippen LogP contribution >= 0.6 is 0 Å². The van der Waals surface area contributed by atoms with Crippen molar-refractivity contribution in [2.75, 3.05) is 46.6 Å². The van der Waals surface area contributed by atoms with Gasteiger partial charge in [-0.15, -0.1) is 0 Å². The number of benzene rings is 1. The minimum absolute atomic E-state index is 0.0861. The molecule has 1 aromatic heterocycles. The average molecular weight is 347 g/mol. The lowest BCUT2D eigenvalue weighted by atomic mass is 10.1. The van der Waals surface area contributed by atoms with E-state index in [9.17, 15) is 4.79 Å². The number of rotatable bonds is 7. The van der Waals surface area contributed by atoms with Gasteiger partial charge in [-0.2, -0.15) is 15.4 Å². The number of hydrogen-bond acceptors (Lipinski definition) is 7. The molecule has 1 fully saturated rings. The standard InChI is InChI=1S/C16H21N5O4/c1-23-13-10-11(14-15(16(17)22)19-20-18-14)2-3-12(13)25-9-6-21-4-7-24-8-5-21/h2-3,10H,4-9H2,1H3,(H2,17,22)(H,18,19,20). The van der Waals surface area contributed by atoms with Gasteiger partial charge in [0.1, 0.15) is 12.3 Å². The summed E-state index contributed by atoms with van der Waals surface area (Å²) in [5.41, 5.74) is 6.44. The predicted octanol–water partition coefficient (Wildman–Crippen LogP) is 0.290. The van der Waals surface area contributed by atoms with Gasteiger partial charge in [0, 0.05) is 25.2 Å². The number of carbonyl (C=O) groups is 1. The highest BCUT2D eigenvalue weighted by Crippen LogP contribution is 2.32. The maximum Gasteiger partial charge on any atom is 0.271 e. The molecule has 0 unspecified atom stereocenters. The molecule has 0 saturated carbocycles. The van der Waals surface area contributed by atoms with E-state index in [1.807, 2.05) is 0 Å². The normalized spacial score (nSPS) is 15.1. The summed E-state index contributed by atoms with van der Waals surface area (Å²) in [6.07, 6.45) is 0. The number of amides is 1. The first kappa shape index (κ1) is 17.2. The van der Waals surface area contributed by atoms with Crippen LogP contribution in [0.1, 0.15) is 10.5 Å². The van der Waals surface area contributed by atoms with E-state index in [-0.39, 0.29) is 5.69 Å². The smallest absolute Gasteiger partial charge is 0.271 e. The molecule has 25 heavy (non-hydrogen) atoms. The van der Waals surface area contributed by atoms with Crippen LogP contribution in [-0.4, -0.2) is 72.8 Å².